The molecule has 1 nitrogen and oxygen atoms in total. The van der Waals surface area contributed by atoms with Gasteiger partial charge in [0.2, 0.25) is 0 Å². The third kappa shape index (κ3) is 4.44. The van der Waals surface area contributed by atoms with Gasteiger partial charge >= 0.3 is 0 Å². The van der Waals surface area contributed by atoms with Crippen molar-refractivity contribution in [2.45, 2.75) is 56.8 Å². The molecule has 0 N–H and O–H groups in total. The van der Waals surface area contributed by atoms with Gasteiger partial charge < -0.3 is 4.74 Å². The van der Waals surface area contributed by atoms with Gasteiger partial charge in [0.25, 0.3) is 0 Å². The number of hydrogen-bond acceptors (Lipinski definition) is 2. The molecule has 2 heteroatoms. The van der Waals surface area contributed by atoms with E-state index in [2.05, 4.69) is 43.3 Å². The van der Waals surface area contributed by atoms with Gasteiger partial charge in [0, 0.05) is 10.3 Å². The monoisotopic (exact) mass is 328 g/mol. The van der Waals surface area contributed by atoms with E-state index in [1.165, 1.54) is 66.4 Å². The van der Waals surface area contributed by atoms with Crippen LogP contribution in [0.3, 0.4) is 0 Å². The summed E-state index contributed by atoms with van der Waals surface area (Å²) in [5.74, 6) is 3.01. The lowest BCUT2D eigenvalue weighted by Gasteiger charge is -2.22. The lowest BCUT2D eigenvalue weighted by atomic mass is 9.90. The number of unbranched alkanes of at least 4 members (excludes halogenated alkanes) is 1. The molecule has 1 fully saturated rings. The number of hydrogen-bond donors (Lipinski definition) is 0. The van der Waals surface area contributed by atoms with Crippen molar-refractivity contribution in [3.63, 3.8) is 0 Å². The normalized spacial score (nSPS) is 15.9. The van der Waals surface area contributed by atoms with Crippen LogP contribution >= 0.6 is 11.8 Å². The first-order chi connectivity index (χ1) is 11.4. The Morgan fingerprint density at radius 1 is 1.00 bits per heavy atom. The molecule has 0 atom stereocenters. The van der Waals surface area contributed by atoms with Gasteiger partial charge in [-0.15, -0.1) is 11.8 Å². The molecule has 0 bridgehead atoms. The highest BCUT2D eigenvalue weighted by Crippen LogP contribution is 2.35. The summed E-state index contributed by atoms with van der Waals surface area (Å²) in [6.45, 7) is 3.13. The van der Waals surface area contributed by atoms with E-state index in [0.29, 0.717) is 0 Å². The van der Waals surface area contributed by atoms with Crippen LogP contribution in [0.5, 0.6) is 5.75 Å². The van der Waals surface area contributed by atoms with E-state index in [-0.39, 0.29) is 0 Å². The van der Waals surface area contributed by atoms with E-state index in [4.69, 9.17) is 4.74 Å². The first-order valence-electron chi connectivity index (χ1n) is 9.16. The molecule has 0 aromatic heterocycles. The first kappa shape index (κ1) is 16.7. The van der Waals surface area contributed by atoms with Gasteiger partial charge in [-0.25, -0.2) is 0 Å². The highest BCUT2D eigenvalue weighted by Gasteiger charge is 2.15. The Morgan fingerprint density at radius 3 is 2.57 bits per heavy atom. The maximum atomic E-state index is 6.23. The standard InChI is InChI=1S/C21H28OS/c1-2-3-15-23-21-14-13-20(18-11-7-8-12-19(18)21)22-16-17-9-5-4-6-10-17/h7-8,11-14,17H,2-6,9-10,15-16H2,1H3. The van der Waals surface area contributed by atoms with Crippen LogP contribution in [0, 0.1) is 5.92 Å². The molecule has 3 rings (SSSR count). The number of thioether (sulfide) groups is 1. The molecule has 0 unspecified atom stereocenters. The van der Waals surface area contributed by atoms with E-state index in [9.17, 15) is 0 Å². The zero-order valence-corrected chi connectivity index (χ0v) is 15.0. The van der Waals surface area contributed by atoms with Crippen molar-refractivity contribution in [3.05, 3.63) is 36.4 Å². The topological polar surface area (TPSA) is 9.23 Å². The molecule has 0 spiro atoms. The average molecular weight is 329 g/mol. The maximum Gasteiger partial charge on any atom is 0.127 e. The van der Waals surface area contributed by atoms with Crippen LogP contribution in [0.4, 0.5) is 0 Å². The van der Waals surface area contributed by atoms with Crippen LogP contribution in [-0.4, -0.2) is 12.4 Å². The van der Waals surface area contributed by atoms with Gasteiger partial charge in [0.15, 0.2) is 0 Å². The molecule has 124 valence electrons. The Balaban J connectivity index is 1.74. The average Bonchev–Trinajstić information content (AvgIpc) is 2.62. The van der Waals surface area contributed by atoms with Crippen LogP contribution in [0.25, 0.3) is 10.8 Å². The fourth-order valence-electron chi connectivity index (χ4n) is 3.38. The van der Waals surface area contributed by atoms with Gasteiger partial charge in [0.1, 0.15) is 5.75 Å². The summed E-state index contributed by atoms with van der Waals surface area (Å²) in [7, 11) is 0. The van der Waals surface area contributed by atoms with E-state index in [0.717, 1.165) is 18.3 Å². The summed E-state index contributed by atoms with van der Waals surface area (Å²) in [6, 6.07) is 13.1. The third-order valence-corrected chi connectivity index (χ3v) is 5.96. The molecule has 0 amide bonds. The third-order valence-electron chi connectivity index (χ3n) is 4.80. The predicted octanol–water partition coefficient (Wildman–Crippen LogP) is 6.69. The predicted molar refractivity (Wildman–Crippen MR) is 102 cm³/mol. The van der Waals surface area contributed by atoms with Crippen molar-refractivity contribution in [2.24, 2.45) is 5.92 Å². The fourth-order valence-corrected chi connectivity index (χ4v) is 4.53. The Kier molecular flexibility index (Phi) is 6.27. The number of ether oxygens (including phenoxy) is 1. The SMILES string of the molecule is CCCCSc1ccc(OCC2CCCCC2)c2ccccc12. The van der Waals surface area contributed by atoms with Crippen LogP contribution in [0.15, 0.2) is 41.3 Å². The van der Waals surface area contributed by atoms with Gasteiger partial charge in [-0.3, -0.25) is 0 Å². The molecule has 23 heavy (non-hydrogen) atoms. The van der Waals surface area contributed by atoms with E-state index in [1.54, 1.807) is 0 Å². The van der Waals surface area contributed by atoms with Crippen molar-refractivity contribution in [1.82, 2.24) is 0 Å². The second-order valence-corrected chi connectivity index (χ2v) is 7.76. The summed E-state index contributed by atoms with van der Waals surface area (Å²) in [6.07, 6.45) is 9.37. The minimum absolute atomic E-state index is 0.751. The van der Waals surface area contributed by atoms with Crippen LogP contribution in [-0.2, 0) is 0 Å². The van der Waals surface area contributed by atoms with Gasteiger partial charge in [-0.1, -0.05) is 56.9 Å². The Bertz CT molecular complexity index is 616. The second kappa shape index (κ2) is 8.63. The van der Waals surface area contributed by atoms with E-state index < -0.39 is 0 Å². The van der Waals surface area contributed by atoms with Crippen molar-refractivity contribution in [1.29, 1.82) is 0 Å². The van der Waals surface area contributed by atoms with Gasteiger partial charge in [-0.2, -0.15) is 0 Å². The highest BCUT2D eigenvalue weighted by molar-refractivity contribution is 7.99. The lowest BCUT2D eigenvalue weighted by molar-refractivity contribution is 0.210. The molecule has 1 aliphatic carbocycles. The summed E-state index contributed by atoms with van der Waals surface area (Å²) in [5, 5.41) is 2.61. The smallest absolute Gasteiger partial charge is 0.127 e. The Labute approximate surface area is 144 Å². The molecule has 0 heterocycles. The quantitative estimate of drug-likeness (QED) is 0.413. The molecule has 2 aromatic rings. The van der Waals surface area contributed by atoms with E-state index >= 15 is 0 Å². The summed E-state index contributed by atoms with van der Waals surface area (Å²) < 4.78 is 6.23. The van der Waals surface area contributed by atoms with Gasteiger partial charge in [-0.05, 0) is 48.5 Å². The van der Waals surface area contributed by atoms with Crippen LogP contribution < -0.4 is 4.74 Å². The molecule has 0 aliphatic heterocycles. The van der Waals surface area contributed by atoms with Crippen LogP contribution in [0.1, 0.15) is 51.9 Å². The summed E-state index contributed by atoms with van der Waals surface area (Å²) >= 11 is 1.97. The number of benzene rings is 2. The summed E-state index contributed by atoms with van der Waals surface area (Å²) in [4.78, 5) is 1.39. The largest absolute Gasteiger partial charge is 0.493 e. The highest BCUT2D eigenvalue weighted by atomic mass is 32.2. The van der Waals surface area contributed by atoms with Crippen molar-refractivity contribution < 1.29 is 4.74 Å². The molecule has 0 saturated heterocycles. The Hall–Kier alpha value is -1.15. The van der Waals surface area contributed by atoms with Crippen molar-refractivity contribution >= 4 is 22.5 Å². The first-order valence-corrected chi connectivity index (χ1v) is 10.1. The Morgan fingerprint density at radius 2 is 1.78 bits per heavy atom. The molecule has 1 saturated carbocycles. The minimum Gasteiger partial charge on any atom is -0.493 e. The molecule has 1 aliphatic rings. The molecular formula is C21H28OS. The van der Waals surface area contributed by atoms with Crippen LogP contribution in [0.2, 0.25) is 0 Å². The lowest BCUT2D eigenvalue weighted by Crippen LogP contribution is -2.15. The maximum absolute atomic E-state index is 6.23. The van der Waals surface area contributed by atoms with Crippen molar-refractivity contribution in [3.8, 4) is 5.75 Å². The molecular weight excluding hydrogens is 300 g/mol. The number of rotatable bonds is 7. The van der Waals surface area contributed by atoms with Gasteiger partial charge in [0.05, 0.1) is 6.61 Å². The van der Waals surface area contributed by atoms with Crippen molar-refractivity contribution in [2.75, 3.05) is 12.4 Å². The molecule has 0 radical (unpaired) electrons. The second-order valence-electron chi connectivity index (χ2n) is 6.62. The van der Waals surface area contributed by atoms with E-state index in [1.807, 2.05) is 11.8 Å². The number of fused-ring (bicyclic) bond motifs is 1. The zero-order chi connectivity index (χ0) is 15.9. The minimum atomic E-state index is 0.751. The molecule has 2 aromatic carbocycles. The fraction of sp³-hybridized carbons (Fsp3) is 0.524. The summed E-state index contributed by atoms with van der Waals surface area (Å²) in [5.41, 5.74) is 0. The zero-order valence-electron chi connectivity index (χ0n) is 14.2.